The minimum atomic E-state index is 0.326. The molecule has 0 spiro atoms. The smallest absolute Gasteiger partial charge is 0.0973 e. The molecule has 0 bridgehead atoms. The highest BCUT2D eigenvalue weighted by atomic mass is 35.5. The summed E-state index contributed by atoms with van der Waals surface area (Å²) in [5, 5.41) is 2.04. The van der Waals surface area contributed by atoms with Crippen molar-refractivity contribution in [3.63, 3.8) is 0 Å². The normalized spacial score (nSPS) is 28.5. The SMILES string of the molecule is CC1CN(Cc2ccsc2Cl)CC1N. The molecular weight excluding hydrogens is 216 g/mol. The average molecular weight is 231 g/mol. The fourth-order valence-corrected chi connectivity index (χ4v) is 2.81. The maximum Gasteiger partial charge on any atom is 0.0973 e. The first-order chi connectivity index (χ1) is 6.66. The Morgan fingerprint density at radius 2 is 2.43 bits per heavy atom. The molecule has 0 amide bonds. The van der Waals surface area contributed by atoms with Crippen molar-refractivity contribution in [3.05, 3.63) is 21.3 Å². The lowest BCUT2D eigenvalue weighted by atomic mass is 10.1. The van der Waals surface area contributed by atoms with Crippen molar-refractivity contribution in [2.75, 3.05) is 13.1 Å². The van der Waals surface area contributed by atoms with Crippen LogP contribution < -0.4 is 5.73 Å². The van der Waals surface area contributed by atoms with Gasteiger partial charge in [0.1, 0.15) is 0 Å². The lowest BCUT2D eigenvalue weighted by Crippen LogP contribution is -2.28. The standard InChI is InChI=1S/C10H15ClN2S/c1-7-4-13(6-9(7)12)5-8-2-3-14-10(8)11/h2-3,7,9H,4-6,12H2,1H3. The van der Waals surface area contributed by atoms with E-state index in [1.807, 2.05) is 5.38 Å². The second-order valence-corrected chi connectivity index (χ2v) is 5.57. The van der Waals surface area contributed by atoms with E-state index in [2.05, 4.69) is 17.9 Å². The maximum atomic E-state index is 6.05. The van der Waals surface area contributed by atoms with Crippen LogP contribution in [0.1, 0.15) is 12.5 Å². The zero-order valence-corrected chi connectivity index (χ0v) is 9.81. The third-order valence-corrected chi connectivity index (χ3v) is 4.08. The predicted molar refractivity (Wildman–Crippen MR) is 61.7 cm³/mol. The van der Waals surface area contributed by atoms with Crippen molar-refractivity contribution >= 4 is 22.9 Å². The van der Waals surface area contributed by atoms with Crippen molar-refractivity contribution < 1.29 is 0 Å². The van der Waals surface area contributed by atoms with E-state index in [9.17, 15) is 0 Å². The van der Waals surface area contributed by atoms with Gasteiger partial charge in [-0.05, 0) is 22.9 Å². The first kappa shape index (κ1) is 10.4. The van der Waals surface area contributed by atoms with Crippen LogP contribution in [0.15, 0.2) is 11.4 Å². The van der Waals surface area contributed by atoms with E-state index in [0.29, 0.717) is 12.0 Å². The molecule has 1 saturated heterocycles. The van der Waals surface area contributed by atoms with Gasteiger partial charge in [-0.25, -0.2) is 0 Å². The summed E-state index contributed by atoms with van der Waals surface area (Å²) in [6.45, 7) is 5.24. The van der Waals surface area contributed by atoms with Crippen LogP contribution in [0.25, 0.3) is 0 Å². The van der Waals surface area contributed by atoms with Gasteiger partial charge in [-0.3, -0.25) is 4.90 Å². The van der Waals surface area contributed by atoms with Gasteiger partial charge >= 0.3 is 0 Å². The number of nitrogens with zero attached hydrogens (tertiary/aromatic N) is 1. The highest BCUT2D eigenvalue weighted by molar-refractivity contribution is 7.14. The third kappa shape index (κ3) is 2.11. The zero-order valence-electron chi connectivity index (χ0n) is 8.24. The Balaban J connectivity index is 1.97. The van der Waals surface area contributed by atoms with Crippen LogP contribution in [0.5, 0.6) is 0 Å². The van der Waals surface area contributed by atoms with Crippen LogP contribution in [0.3, 0.4) is 0 Å². The lowest BCUT2D eigenvalue weighted by Gasteiger charge is -2.14. The number of thiophene rings is 1. The molecule has 14 heavy (non-hydrogen) atoms. The Hall–Kier alpha value is -0.0900. The molecule has 2 unspecified atom stereocenters. The summed E-state index contributed by atoms with van der Waals surface area (Å²) in [7, 11) is 0. The number of rotatable bonds is 2. The topological polar surface area (TPSA) is 29.3 Å². The summed E-state index contributed by atoms with van der Waals surface area (Å²) in [5.74, 6) is 0.604. The van der Waals surface area contributed by atoms with Gasteiger partial charge in [0.25, 0.3) is 0 Å². The summed E-state index contributed by atoms with van der Waals surface area (Å²) in [5.41, 5.74) is 7.20. The largest absolute Gasteiger partial charge is 0.326 e. The molecule has 1 aliphatic rings. The van der Waals surface area contributed by atoms with Gasteiger partial charge in [0.15, 0.2) is 0 Å². The van der Waals surface area contributed by atoms with Gasteiger partial charge in [0.05, 0.1) is 4.34 Å². The Morgan fingerprint density at radius 1 is 1.64 bits per heavy atom. The number of halogens is 1. The predicted octanol–water partition coefficient (Wildman–Crippen LogP) is 2.18. The Labute approximate surface area is 93.7 Å². The molecule has 0 saturated carbocycles. The summed E-state index contributed by atoms with van der Waals surface area (Å²) in [4.78, 5) is 2.38. The fourth-order valence-electron chi connectivity index (χ4n) is 1.90. The molecule has 2 nitrogen and oxygen atoms in total. The number of likely N-dealkylation sites (tertiary alicyclic amines) is 1. The van der Waals surface area contributed by atoms with Crippen LogP contribution in [-0.2, 0) is 6.54 Å². The molecule has 0 aromatic carbocycles. The summed E-state index contributed by atoms with van der Waals surface area (Å²) in [6, 6.07) is 2.43. The van der Waals surface area contributed by atoms with Crippen LogP contribution in [0, 0.1) is 5.92 Å². The molecule has 1 aromatic heterocycles. The van der Waals surface area contributed by atoms with E-state index in [1.165, 1.54) is 5.56 Å². The van der Waals surface area contributed by atoms with Gasteiger partial charge in [-0.2, -0.15) is 0 Å². The van der Waals surface area contributed by atoms with E-state index in [0.717, 1.165) is 24.0 Å². The van der Waals surface area contributed by atoms with Crippen molar-refractivity contribution in [1.29, 1.82) is 0 Å². The van der Waals surface area contributed by atoms with Crippen LogP contribution >= 0.6 is 22.9 Å². The van der Waals surface area contributed by atoms with E-state index < -0.39 is 0 Å². The molecule has 2 heterocycles. The Kier molecular flexibility index (Phi) is 3.12. The molecule has 0 radical (unpaired) electrons. The summed E-state index contributed by atoms with van der Waals surface area (Å²) >= 11 is 7.65. The fraction of sp³-hybridized carbons (Fsp3) is 0.600. The first-order valence-corrected chi connectivity index (χ1v) is 6.12. The molecule has 1 aliphatic heterocycles. The minimum absolute atomic E-state index is 0.326. The summed E-state index contributed by atoms with van der Waals surface area (Å²) in [6.07, 6.45) is 0. The number of hydrogen-bond donors (Lipinski definition) is 1. The molecule has 2 rings (SSSR count). The molecule has 78 valence electrons. The quantitative estimate of drug-likeness (QED) is 0.844. The van der Waals surface area contributed by atoms with Gasteiger partial charge in [-0.15, -0.1) is 11.3 Å². The monoisotopic (exact) mass is 230 g/mol. The van der Waals surface area contributed by atoms with Crippen molar-refractivity contribution in [1.82, 2.24) is 4.90 Å². The highest BCUT2D eigenvalue weighted by Gasteiger charge is 2.26. The molecule has 0 aliphatic carbocycles. The van der Waals surface area contributed by atoms with E-state index in [4.69, 9.17) is 17.3 Å². The molecule has 4 heteroatoms. The zero-order chi connectivity index (χ0) is 10.1. The molecule has 2 atom stereocenters. The molecule has 1 aromatic rings. The Bertz CT molecular complexity index is 303. The van der Waals surface area contributed by atoms with Crippen molar-refractivity contribution in [3.8, 4) is 0 Å². The lowest BCUT2D eigenvalue weighted by molar-refractivity contribution is 0.319. The van der Waals surface area contributed by atoms with Gasteiger partial charge in [0.2, 0.25) is 0 Å². The van der Waals surface area contributed by atoms with E-state index in [1.54, 1.807) is 11.3 Å². The van der Waals surface area contributed by atoms with Gasteiger partial charge in [0, 0.05) is 25.7 Å². The van der Waals surface area contributed by atoms with Crippen molar-refractivity contribution in [2.45, 2.75) is 19.5 Å². The summed E-state index contributed by atoms with van der Waals surface area (Å²) < 4.78 is 0.915. The highest BCUT2D eigenvalue weighted by Crippen LogP contribution is 2.26. The van der Waals surface area contributed by atoms with Gasteiger partial charge < -0.3 is 5.73 Å². The average Bonchev–Trinajstić information content (AvgIpc) is 2.63. The molecular formula is C10H15ClN2S. The minimum Gasteiger partial charge on any atom is -0.326 e. The van der Waals surface area contributed by atoms with Crippen molar-refractivity contribution in [2.24, 2.45) is 11.7 Å². The van der Waals surface area contributed by atoms with Crippen LogP contribution in [0.2, 0.25) is 4.34 Å². The van der Waals surface area contributed by atoms with E-state index >= 15 is 0 Å². The number of hydrogen-bond acceptors (Lipinski definition) is 3. The first-order valence-electron chi connectivity index (χ1n) is 4.86. The third-order valence-electron chi connectivity index (χ3n) is 2.83. The maximum absolute atomic E-state index is 6.05. The second kappa shape index (κ2) is 4.19. The second-order valence-electron chi connectivity index (χ2n) is 4.05. The van der Waals surface area contributed by atoms with Crippen LogP contribution in [0.4, 0.5) is 0 Å². The van der Waals surface area contributed by atoms with E-state index in [-0.39, 0.29) is 0 Å². The molecule has 1 fully saturated rings. The Morgan fingerprint density at radius 3 is 2.93 bits per heavy atom. The van der Waals surface area contributed by atoms with Gasteiger partial charge in [-0.1, -0.05) is 18.5 Å². The molecule has 2 N–H and O–H groups in total. The number of nitrogens with two attached hydrogens (primary N) is 1. The van der Waals surface area contributed by atoms with Crippen LogP contribution in [-0.4, -0.2) is 24.0 Å².